The first-order valence-corrected chi connectivity index (χ1v) is 7.61. The van der Waals surface area contributed by atoms with Crippen LogP contribution in [0.25, 0.3) is 23.3 Å². The smallest absolute Gasteiger partial charge is 0.165 e. The topological polar surface area (TPSA) is 93.1 Å². The Morgan fingerprint density at radius 3 is 1.42 bits per heavy atom. The number of rotatable bonds is 7. The molecule has 6 heteroatoms. The number of aldehydes is 2. The van der Waals surface area contributed by atoms with E-state index in [1.54, 1.807) is 36.4 Å². The Hall–Kier alpha value is -3.54. The third-order valence-electron chi connectivity index (χ3n) is 3.66. The highest BCUT2D eigenvalue weighted by Crippen LogP contribution is 2.45. The normalized spacial score (nSPS) is 11.0. The zero-order chi connectivity index (χ0) is 19.1. The number of phenols is 2. The molecule has 0 fully saturated rings. The van der Waals surface area contributed by atoms with Crippen molar-refractivity contribution in [2.24, 2.45) is 0 Å². The van der Waals surface area contributed by atoms with Gasteiger partial charge in [-0.15, -0.1) is 0 Å². The molecule has 0 heterocycles. The molecule has 0 aliphatic heterocycles. The average molecular weight is 354 g/mol. The van der Waals surface area contributed by atoms with Gasteiger partial charge in [-0.2, -0.15) is 0 Å². The highest BCUT2D eigenvalue weighted by molar-refractivity contribution is 5.85. The molecule has 0 amide bonds. The van der Waals surface area contributed by atoms with Crippen molar-refractivity contribution >= 4 is 24.7 Å². The summed E-state index contributed by atoms with van der Waals surface area (Å²) in [6, 6.07) is 6.31. The summed E-state index contributed by atoms with van der Waals surface area (Å²) in [7, 11) is 2.80. The molecule has 6 nitrogen and oxygen atoms in total. The number of allylic oxidation sites excluding steroid dienone is 2. The van der Waals surface area contributed by atoms with Crippen LogP contribution in [-0.2, 0) is 9.59 Å². The third-order valence-corrected chi connectivity index (χ3v) is 3.66. The quantitative estimate of drug-likeness (QED) is 0.586. The van der Waals surface area contributed by atoms with Gasteiger partial charge in [0.15, 0.2) is 23.0 Å². The fraction of sp³-hybridized carbons (Fsp3) is 0.100. The summed E-state index contributed by atoms with van der Waals surface area (Å²) in [5.74, 6) is 0.00903. The minimum absolute atomic E-state index is 0.176. The summed E-state index contributed by atoms with van der Waals surface area (Å²) >= 11 is 0. The van der Waals surface area contributed by atoms with E-state index in [9.17, 15) is 19.8 Å². The lowest BCUT2D eigenvalue weighted by Gasteiger charge is -2.15. The van der Waals surface area contributed by atoms with Crippen LogP contribution >= 0.6 is 0 Å². The average Bonchev–Trinajstić information content (AvgIpc) is 2.66. The van der Waals surface area contributed by atoms with Crippen molar-refractivity contribution in [2.75, 3.05) is 14.2 Å². The summed E-state index contributed by atoms with van der Waals surface area (Å²) in [5, 5.41) is 21.0. The van der Waals surface area contributed by atoms with E-state index in [0.29, 0.717) is 23.7 Å². The molecular weight excluding hydrogens is 336 g/mol. The molecule has 26 heavy (non-hydrogen) atoms. The lowest BCUT2D eigenvalue weighted by molar-refractivity contribution is -0.104. The summed E-state index contributed by atoms with van der Waals surface area (Å²) in [6.07, 6.45) is 6.96. The van der Waals surface area contributed by atoms with Gasteiger partial charge in [0.25, 0.3) is 0 Å². The molecule has 0 aromatic heterocycles. The molecule has 0 saturated heterocycles. The maximum atomic E-state index is 10.6. The Bertz CT molecular complexity index is 807. The van der Waals surface area contributed by atoms with Gasteiger partial charge >= 0.3 is 0 Å². The molecule has 0 atom stereocenters. The molecule has 0 bridgehead atoms. The van der Waals surface area contributed by atoms with Crippen LogP contribution in [-0.4, -0.2) is 37.0 Å². The number of hydrogen-bond acceptors (Lipinski definition) is 6. The van der Waals surface area contributed by atoms with Crippen LogP contribution in [0.1, 0.15) is 11.1 Å². The first-order chi connectivity index (χ1) is 12.5. The number of methoxy groups -OCH3 is 2. The number of carbonyl (C=O) groups excluding carboxylic acids is 2. The fourth-order valence-corrected chi connectivity index (χ4v) is 2.47. The van der Waals surface area contributed by atoms with E-state index < -0.39 is 0 Å². The van der Waals surface area contributed by atoms with Gasteiger partial charge in [-0.1, -0.05) is 12.2 Å². The van der Waals surface area contributed by atoms with Gasteiger partial charge in [0.05, 0.1) is 14.2 Å². The minimum atomic E-state index is -0.176. The van der Waals surface area contributed by atoms with Crippen molar-refractivity contribution in [3.8, 4) is 34.1 Å². The van der Waals surface area contributed by atoms with Crippen molar-refractivity contribution in [3.05, 3.63) is 47.5 Å². The van der Waals surface area contributed by atoms with E-state index in [4.69, 9.17) is 9.47 Å². The highest BCUT2D eigenvalue weighted by atomic mass is 16.5. The Labute approximate surface area is 150 Å². The number of phenolic OH excluding ortho intramolecular Hbond substituents is 2. The Morgan fingerprint density at radius 2 is 1.12 bits per heavy atom. The number of hydrogen-bond donors (Lipinski definition) is 2. The van der Waals surface area contributed by atoms with Crippen molar-refractivity contribution in [3.63, 3.8) is 0 Å². The second-order valence-corrected chi connectivity index (χ2v) is 5.23. The predicted molar refractivity (Wildman–Crippen MR) is 98.5 cm³/mol. The Morgan fingerprint density at radius 1 is 0.731 bits per heavy atom. The van der Waals surface area contributed by atoms with Crippen LogP contribution < -0.4 is 9.47 Å². The van der Waals surface area contributed by atoms with Gasteiger partial charge in [0.2, 0.25) is 0 Å². The standard InChI is InChI=1S/C20H18O6/c1-25-17-11-13(5-3-7-21)9-15(19(17)23)16-10-14(6-4-8-22)12-18(26-2)20(16)24/h3-12,23-24H,1-2H3/b5-3+,6-4+. The molecule has 0 radical (unpaired) electrons. The monoisotopic (exact) mass is 354 g/mol. The van der Waals surface area contributed by atoms with Crippen LogP contribution in [0.2, 0.25) is 0 Å². The van der Waals surface area contributed by atoms with Crippen molar-refractivity contribution in [1.82, 2.24) is 0 Å². The Kier molecular flexibility index (Phi) is 6.16. The summed E-state index contributed by atoms with van der Waals surface area (Å²) in [6.45, 7) is 0. The van der Waals surface area contributed by atoms with Gasteiger partial charge in [0, 0.05) is 11.1 Å². The third kappa shape index (κ3) is 3.92. The van der Waals surface area contributed by atoms with Gasteiger partial charge in [0.1, 0.15) is 12.6 Å². The summed E-state index contributed by atoms with van der Waals surface area (Å²) in [5.41, 5.74) is 1.75. The van der Waals surface area contributed by atoms with Crippen LogP contribution in [0.15, 0.2) is 36.4 Å². The van der Waals surface area contributed by atoms with Gasteiger partial charge in [-0.05, 0) is 47.5 Å². The minimum Gasteiger partial charge on any atom is -0.504 e. The van der Waals surface area contributed by atoms with E-state index in [-0.39, 0.29) is 34.1 Å². The second-order valence-electron chi connectivity index (χ2n) is 5.23. The number of ether oxygens (including phenoxy) is 2. The van der Waals surface area contributed by atoms with Crippen molar-refractivity contribution in [1.29, 1.82) is 0 Å². The lowest BCUT2D eigenvalue weighted by atomic mass is 9.97. The largest absolute Gasteiger partial charge is 0.504 e. The second kappa shape index (κ2) is 8.53. The van der Waals surface area contributed by atoms with Crippen LogP contribution in [0.3, 0.4) is 0 Å². The van der Waals surface area contributed by atoms with Crippen molar-refractivity contribution < 1.29 is 29.3 Å². The summed E-state index contributed by atoms with van der Waals surface area (Å²) < 4.78 is 10.3. The number of carbonyl (C=O) groups is 2. The maximum absolute atomic E-state index is 10.6. The van der Waals surface area contributed by atoms with E-state index in [0.717, 1.165) is 0 Å². The molecule has 0 unspecified atom stereocenters. The molecule has 134 valence electrons. The fourth-order valence-electron chi connectivity index (χ4n) is 2.47. The SMILES string of the molecule is COc1cc(/C=C/C=O)cc(-c2cc(/C=C/C=O)cc(OC)c2O)c1O. The van der Waals surface area contributed by atoms with Gasteiger partial charge in [-0.25, -0.2) is 0 Å². The zero-order valence-electron chi connectivity index (χ0n) is 14.3. The van der Waals surface area contributed by atoms with E-state index in [1.807, 2.05) is 0 Å². The molecule has 2 N–H and O–H groups in total. The molecule has 2 aromatic rings. The lowest BCUT2D eigenvalue weighted by Crippen LogP contribution is -1.92. The molecular formula is C20H18O6. The van der Waals surface area contributed by atoms with E-state index in [1.165, 1.54) is 26.4 Å². The first-order valence-electron chi connectivity index (χ1n) is 7.61. The molecule has 0 aliphatic carbocycles. The van der Waals surface area contributed by atoms with Gasteiger partial charge < -0.3 is 19.7 Å². The van der Waals surface area contributed by atoms with Crippen LogP contribution in [0.4, 0.5) is 0 Å². The molecule has 2 aromatic carbocycles. The predicted octanol–water partition coefficient (Wildman–Crippen LogP) is 3.21. The first kappa shape index (κ1) is 18.8. The number of aromatic hydroxyl groups is 2. The van der Waals surface area contributed by atoms with E-state index >= 15 is 0 Å². The van der Waals surface area contributed by atoms with E-state index in [2.05, 4.69) is 0 Å². The maximum Gasteiger partial charge on any atom is 0.165 e. The zero-order valence-corrected chi connectivity index (χ0v) is 14.3. The Balaban J connectivity index is 2.76. The highest BCUT2D eigenvalue weighted by Gasteiger charge is 2.18. The molecule has 2 rings (SSSR count). The van der Waals surface area contributed by atoms with Gasteiger partial charge in [-0.3, -0.25) is 9.59 Å². The molecule has 0 saturated carbocycles. The number of benzene rings is 2. The molecule has 0 spiro atoms. The van der Waals surface area contributed by atoms with Crippen molar-refractivity contribution in [2.45, 2.75) is 0 Å². The molecule has 0 aliphatic rings. The summed E-state index contributed by atoms with van der Waals surface area (Å²) in [4.78, 5) is 21.2. The van der Waals surface area contributed by atoms with Crippen LogP contribution in [0, 0.1) is 0 Å². The van der Waals surface area contributed by atoms with Crippen LogP contribution in [0.5, 0.6) is 23.0 Å².